The van der Waals surface area contributed by atoms with E-state index in [9.17, 15) is 0 Å². The van der Waals surface area contributed by atoms with Crippen LogP contribution < -0.4 is 5.84 Å². The van der Waals surface area contributed by atoms with E-state index in [-0.39, 0.29) is 0 Å². The Morgan fingerprint density at radius 3 is 1.90 bits per heavy atom. The van der Waals surface area contributed by atoms with Crippen molar-refractivity contribution in [2.24, 2.45) is 5.84 Å². The van der Waals surface area contributed by atoms with Crippen LogP contribution >= 0.6 is 0 Å². The van der Waals surface area contributed by atoms with Crippen molar-refractivity contribution in [2.45, 2.75) is 0 Å². The minimum Gasteiger partial charge on any atom is -0.245 e. The van der Waals surface area contributed by atoms with Crippen molar-refractivity contribution in [3.05, 3.63) is 34.9 Å². The molecule has 0 saturated carbocycles. The van der Waals surface area contributed by atoms with Gasteiger partial charge in [-0.2, -0.15) is 5.84 Å². The quantitative estimate of drug-likeness (QED) is 0.302. The van der Waals surface area contributed by atoms with Gasteiger partial charge in [0.1, 0.15) is 6.33 Å². The topological polar surface area (TPSA) is 94.9 Å². The van der Waals surface area contributed by atoms with Crippen LogP contribution in [0.4, 0.5) is 0 Å². The molecule has 0 amide bonds. The van der Waals surface area contributed by atoms with Crippen molar-refractivity contribution in [1.82, 2.24) is 9.97 Å². The summed E-state index contributed by atoms with van der Waals surface area (Å²) in [6, 6.07) is 1.78. The van der Waals surface area contributed by atoms with E-state index >= 15 is 0 Å². The lowest BCUT2D eigenvalue weighted by atomic mass is 10.7. The van der Waals surface area contributed by atoms with Crippen molar-refractivity contribution >= 4 is 0 Å². The predicted molar refractivity (Wildman–Crippen MR) is 33.2 cm³/mol. The van der Waals surface area contributed by atoms with E-state index in [1.165, 1.54) is 6.33 Å². The standard InChI is InChI=1S/C4H4N2.H2N2O2/c1-2-5-4-6-3-1;1-2(3)4/h1-4H;1H2. The molecular weight excluding hydrogens is 136 g/mol. The molecule has 6 heteroatoms. The number of hydrazine groups is 1. The van der Waals surface area contributed by atoms with Gasteiger partial charge in [-0.25, -0.2) is 20.1 Å². The average Bonchev–Trinajstić information content (AvgIpc) is 1.90. The second-order valence-electron chi connectivity index (χ2n) is 1.19. The summed E-state index contributed by atoms with van der Waals surface area (Å²) in [6.07, 6.45) is 4.88. The number of hydrogen-bond acceptors (Lipinski definition) is 4. The Hall–Kier alpha value is -1.72. The Kier molecular flexibility index (Phi) is 4.49. The molecule has 1 aromatic rings. The lowest BCUT2D eigenvalue weighted by Gasteiger charge is -1.70. The zero-order chi connectivity index (χ0) is 7.82. The van der Waals surface area contributed by atoms with Crippen molar-refractivity contribution in [3.63, 3.8) is 0 Å². The molecule has 1 heterocycles. The first-order chi connectivity index (χ1) is 4.73. The van der Waals surface area contributed by atoms with Gasteiger partial charge < -0.3 is 0 Å². The van der Waals surface area contributed by atoms with Crippen LogP contribution in [0.2, 0.25) is 0 Å². The van der Waals surface area contributed by atoms with Crippen LogP contribution in [0, 0.1) is 10.1 Å². The van der Waals surface area contributed by atoms with E-state index in [1.54, 1.807) is 18.5 Å². The van der Waals surface area contributed by atoms with Gasteiger partial charge >= 0.3 is 0 Å². The van der Waals surface area contributed by atoms with Gasteiger partial charge in [-0.1, -0.05) is 0 Å². The van der Waals surface area contributed by atoms with Gasteiger partial charge in [-0.3, -0.25) is 0 Å². The maximum absolute atomic E-state index is 8.58. The second kappa shape index (κ2) is 5.42. The molecule has 0 spiro atoms. The highest BCUT2D eigenvalue weighted by Crippen LogP contribution is 1.66. The fraction of sp³-hybridized carbons (Fsp3) is 0. The van der Waals surface area contributed by atoms with Crippen molar-refractivity contribution in [2.75, 3.05) is 0 Å². The first-order valence-corrected chi connectivity index (χ1v) is 2.32. The van der Waals surface area contributed by atoms with E-state index in [4.69, 9.17) is 10.1 Å². The summed E-state index contributed by atoms with van der Waals surface area (Å²) in [5.74, 6) is 3.83. The van der Waals surface area contributed by atoms with Gasteiger partial charge in [0.05, 0.1) is 0 Å². The fourth-order valence-corrected chi connectivity index (χ4v) is 0.253. The first-order valence-electron chi connectivity index (χ1n) is 2.32. The van der Waals surface area contributed by atoms with Gasteiger partial charge in [-0.15, -0.1) is 0 Å². The lowest BCUT2D eigenvalue weighted by molar-refractivity contribution is -0.491. The number of rotatable bonds is 0. The number of nitrogens with zero attached hydrogens (tertiary/aromatic N) is 3. The van der Waals surface area contributed by atoms with Gasteiger partial charge in [0.15, 0.2) is 5.03 Å². The molecule has 10 heavy (non-hydrogen) atoms. The smallest absolute Gasteiger partial charge is 0.154 e. The zero-order valence-corrected chi connectivity index (χ0v) is 5.04. The molecule has 0 unspecified atom stereocenters. The van der Waals surface area contributed by atoms with Gasteiger partial charge in [-0.05, 0) is 6.07 Å². The van der Waals surface area contributed by atoms with Crippen LogP contribution in [0.3, 0.4) is 0 Å². The van der Waals surface area contributed by atoms with E-state index in [1.807, 2.05) is 0 Å². The van der Waals surface area contributed by atoms with Crippen molar-refractivity contribution in [3.8, 4) is 0 Å². The Labute approximate surface area is 56.8 Å². The van der Waals surface area contributed by atoms with Crippen LogP contribution in [0.25, 0.3) is 0 Å². The second-order valence-corrected chi connectivity index (χ2v) is 1.19. The molecule has 1 aromatic heterocycles. The number of nitrogens with two attached hydrogens (primary N) is 1. The number of nitro groups is 1. The summed E-state index contributed by atoms with van der Waals surface area (Å²) in [4.78, 5) is 15.9. The maximum Gasteiger partial charge on any atom is 0.154 e. The molecule has 2 N–H and O–H groups in total. The van der Waals surface area contributed by atoms with Crippen molar-refractivity contribution in [1.29, 1.82) is 0 Å². The summed E-state index contributed by atoms with van der Waals surface area (Å²) in [6.45, 7) is 0. The van der Waals surface area contributed by atoms with E-state index in [0.29, 0.717) is 0 Å². The zero-order valence-electron chi connectivity index (χ0n) is 5.04. The normalized spacial score (nSPS) is 7.20. The van der Waals surface area contributed by atoms with Crippen LogP contribution in [0.15, 0.2) is 24.8 Å². The molecule has 0 atom stereocenters. The van der Waals surface area contributed by atoms with Crippen LogP contribution in [-0.4, -0.2) is 15.0 Å². The van der Waals surface area contributed by atoms with Crippen LogP contribution in [0.5, 0.6) is 0 Å². The predicted octanol–water partition coefficient (Wildman–Crippen LogP) is -0.387. The molecule has 1 rings (SSSR count). The van der Waals surface area contributed by atoms with E-state index < -0.39 is 5.03 Å². The molecule has 0 aromatic carbocycles. The number of hydrogen-bond donors (Lipinski definition) is 1. The fourth-order valence-electron chi connectivity index (χ4n) is 0.253. The Balaban J connectivity index is 0.000000180. The third-order valence-electron chi connectivity index (χ3n) is 0.478. The summed E-state index contributed by atoms with van der Waals surface area (Å²) in [5, 5.41) is 7.58. The molecule has 6 nitrogen and oxygen atoms in total. The Morgan fingerprint density at radius 1 is 1.40 bits per heavy atom. The SMILES string of the molecule is N[N+](=O)[O-].c1cncnc1. The summed E-state index contributed by atoms with van der Waals surface area (Å²) >= 11 is 0. The maximum atomic E-state index is 8.58. The molecule has 0 fully saturated rings. The van der Waals surface area contributed by atoms with E-state index in [0.717, 1.165) is 0 Å². The highest BCUT2D eigenvalue weighted by molar-refractivity contribution is 4.74. The molecule has 0 aliphatic rings. The summed E-state index contributed by atoms with van der Waals surface area (Å²) in [7, 11) is 0. The Bertz CT molecular complexity index is 147. The van der Waals surface area contributed by atoms with E-state index in [2.05, 4.69) is 15.8 Å². The van der Waals surface area contributed by atoms with Gasteiger partial charge in [0.25, 0.3) is 0 Å². The summed E-state index contributed by atoms with van der Waals surface area (Å²) < 4.78 is 0. The lowest BCUT2D eigenvalue weighted by Crippen LogP contribution is -2.04. The molecule has 0 radical (unpaired) electrons. The molecular formula is C4H6N4O2. The van der Waals surface area contributed by atoms with Gasteiger partial charge in [0, 0.05) is 12.4 Å². The third-order valence-corrected chi connectivity index (χ3v) is 0.478. The van der Waals surface area contributed by atoms with Crippen LogP contribution in [0.1, 0.15) is 0 Å². The largest absolute Gasteiger partial charge is 0.245 e. The molecule has 0 bridgehead atoms. The molecule has 54 valence electrons. The van der Waals surface area contributed by atoms with Crippen LogP contribution in [-0.2, 0) is 0 Å². The highest BCUT2D eigenvalue weighted by atomic mass is 16.7. The number of aromatic nitrogens is 2. The van der Waals surface area contributed by atoms with Crippen molar-refractivity contribution < 1.29 is 5.03 Å². The summed E-state index contributed by atoms with van der Waals surface area (Å²) in [5.41, 5.74) is 0. The molecule has 0 aliphatic carbocycles. The highest BCUT2D eigenvalue weighted by Gasteiger charge is 1.59. The first kappa shape index (κ1) is 8.28. The third kappa shape index (κ3) is 9.56. The monoisotopic (exact) mass is 142 g/mol. The minimum absolute atomic E-state index is 1.00. The minimum atomic E-state index is -1.00. The average molecular weight is 142 g/mol. The Morgan fingerprint density at radius 2 is 1.80 bits per heavy atom. The molecule has 0 saturated heterocycles. The molecule has 0 aliphatic heterocycles. The van der Waals surface area contributed by atoms with Gasteiger partial charge in [0.2, 0.25) is 0 Å².